The summed E-state index contributed by atoms with van der Waals surface area (Å²) in [6, 6.07) is 12.2. The lowest BCUT2D eigenvalue weighted by molar-refractivity contribution is 0.0512. The van der Waals surface area contributed by atoms with Gasteiger partial charge in [-0.2, -0.15) is 0 Å². The lowest BCUT2D eigenvalue weighted by atomic mass is 9.81. The number of methoxy groups -OCH3 is 1. The van der Waals surface area contributed by atoms with Gasteiger partial charge in [0.1, 0.15) is 11.6 Å². The predicted molar refractivity (Wildman–Crippen MR) is 141 cm³/mol. The number of para-hydroxylation sites is 1. The number of benzene rings is 2. The third-order valence-electron chi connectivity index (χ3n) is 8.17. The van der Waals surface area contributed by atoms with Crippen LogP contribution in [0, 0.1) is 0 Å². The van der Waals surface area contributed by atoms with Gasteiger partial charge >= 0.3 is 0 Å². The van der Waals surface area contributed by atoms with Crippen LogP contribution in [0.5, 0.6) is 5.75 Å². The van der Waals surface area contributed by atoms with Crippen LogP contribution >= 0.6 is 11.6 Å². The highest BCUT2D eigenvalue weighted by Gasteiger charge is 2.43. The van der Waals surface area contributed by atoms with Crippen LogP contribution in [-0.2, 0) is 5.67 Å². The van der Waals surface area contributed by atoms with E-state index in [4.69, 9.17) is 21.3 Å². The van der Waals surface area contributed by atoms with Crippen molar-refractivity contribution >= 4 is 34.0 Å². The standard InChI is InChI=1S/C28H32ClFN4O2/c1-36-24-6-3-2-5-21(24)18-7-12-33(13-8-18)26-22-15-19(34-14-9-20(35)17-34)16-23(29)25(22)31-27(32-26)28(30)10-4-11-28/h2-3,5-6,15-16,18,20,35H,4,7-14,17H2,1H3/t20-/m1/s1. The molecule has 1 N–H and O–H groups in total. The quantitative estimate of drug-likeness (QED) is 0.482. The summed E-state index contributed by atoms with van der Waals surface area (Å²) >= 11 is 6.77. The Morgan fingerprint density at radius 1 is 1.06 bits per heavy atom. The third-order valence-corrected chi connectivity index (χ3v) is 8.46. The van der Waals surface area contributed by atoms with Crippen molar-refractivity contribution in [3.8, 4) is 5.75 Å². The molecule has 0 radical (unpaired) electrons. The molecule has 6 nitrogen and oxygen atoms in total. The largest absolute Gasteiger partial charge is 0.496 e. The van der Waals surface area contributed by atoms with Crippen LogP contribution in [0.15, 0.2) is 36.4 Å². The molecule has 3 aliphatic rings. The van der Waals surface area contributed by atoms with E-state index in [1.807, 2.05) is 18.2 Å². The second-order valence-electron chi connectivity index (χ2n) is 10.4. The number of rotatable bonds is 5. The third kappa shape index (κ3) is 4.16. The Kier molecular flexibility index (Phi) is 6.16. The molecule has 3 heterocycles. The number of nitrogens with zero attached hydrogens (tertiary/aromatic N) is 4. The molecule has 1 saturated carbocycles. The van der Waals surface area contributed by atoms with Crippen LogP contribution in [0.4, 0.5) is 15.9 Å². The van der Waals surface area contributed by atoms with Crippen molar-refractivity contribution < 1.29 is 14.2 Å². The number of hydrogen-bond acceptors (Lipinski definition) is 6. The second kappa shape index (κ2) is 9.34. The van der Waals surface area contributed by atoms with Gasteiger partial charge in [0.2, 0.25) is 0 Å². The molecule has 2 saturated heterocycles. The van der Waals surface area contributed by atoms with Crippen LogP contribution < -0.4 is 14.5 Å². The number of anilines is 2. The molecule has 190 valence electrons. The first-order valence-electron chi connectivity index (χ1n) is 13.0. The average molecular weight is 511 g/mol. The monoisotopic (exact) mass is 510 g/mol. The van der Waals surface area contributed by atoms with Crippen molar-refractivity contribution in [1.82, 2.24) is 9.97 Å². The molecule has 0 amide bonds. The van der Waals surface area contributed by atoms with E-state index < -0.39 is 5.67 Å². The van der Waals surface area contributed by atoms with Crippen molar-refractivity contribution in [3.05, 3.63) is 52.8 Å². The zero-order chi connectivity index (χ0) is 24.9. The maximum atomic E-state index is 15.5. The molecular weight excluding hydrogens is 479 g/mol. The Bertz CT molecular complexity index is 1280. The highest BCUT2D eigenvalue weighted by atomic mass is 35.5. The van der Waals surface area contributed by atoms with Crippen molar-refractivity contribution in [2.24, 2.45) is 0 Å². The van der Waals surface area contributed by atoms with Gasteiger partial charge in [-0.25, -0.2) is 14.4 Å². The van der Waals surface area contributed by atoms with Gasteiger partial charge in [0.25, 0.3) is 0 Å². The fourth-order valence-corrected chi connectivity index (χ4v) is 6.13. The number of alkyl halides is 1. The van der Waals surface area contributed by atoms with E-state index in [0.717, 1.165) is 68.0 Å². The lowest BCUT2D eigenvalue weighted by Crippen LogP contribution is -2.36. The van der Waals surface area contributed by atoms with Crippen molar-refractivity contribution in [3.63, 3.8) is 0 Å². The fourth-order valence-electron chi connectivity index (χ4n) is 5.88. The van der Waals surface area contributed by atoms with Gasteiger partial charge in [-0.05, 0) is 68.2 Å². The van der Waals surface area contributed by atoms with E-state index in [9.17, 15) is 5.11 Å². The summed E-state index contributed by atoms with van der Waals surface area (Å²) in [7, 11) is 1.72. The normalized spacial score (nSPS) is 22.2. The fraction of sp³-hybridized carbons (Fsp3) is 0.500. The number of hydrogen-bond donors (Lipinski definition) is 1. The van der Waals surface area contributed by atoms with E-state index in [1.54, 1.807) is 7.11 Å². The van der Waals surface area contributed by atoms with Gasteiger partial charge in [0.15, 0.2) is 11.5 Å². The molecule has 0 spiro atoms. The summed E-state index contributed by atoms with van der Waals surface area (Å²) in [4.78, 5) is 13.9. The van der Waals surface area contributed by atoms with Gasteiger partial charge in [-0.3, -0.25) is 0 Å². The summed E-state index contributed by atoms with van der Waals surface area (Å²) in [5, 5.41) is 11.4. The molecular formula is C28H32ClFN4O2. The molecule has 2 aliphatic heterocycles. The molecule has 1 atom stereocenters. The van der Waals surface area contributed by atoms with Crippen LogP contribution in [0.25, 0.3) is 10.9 Å². The Hall–Kier alpha value is -2.64. The summed E-state index contributed by atoms with van der Waals surface area (Å²) in [5.41, 5.74) is 1.32. The molecule has 3 fully saturated rings. The summed E-state index contributed by atoms with van der Waals surface area (Å²) in [6.07, 6.45) is 4.06. The van der Waals surface area contributed by atoms with Crippen LogP contribution in [0.3, 0.4) is 0 Å². The lowest BCUT2D eigenvalue weighted by Gasteiger charge is -2.36. The summed E-state index contributed by atoms with van der Waals surface area (Å²) in [5.74, 6) is 2.35. The molecule has 6 rings (SSSR count). The number of fused-ring (bicyclic) bond motifs is 1. The van der Waals surface area contributed by atoms with E-state index in [-0.39, 0.29) is 11.9 Å². The van der Waals surface area contributed by atoms with E-state index in [0.29, 0.717) is 35.8 Å². The first kappa shape index (κ1) is 23.7. The molecule has 2 aromatic carbocycles. The number of β-amino-alcohol motifs (C(OH)–C–C–N with tert-alkyl or cyclic N) is 1. The first-order chi connectivity index (χ1) is 17.4. The number of halogens is 2. The number of ether oxygens (including phenoxy) is 1. The van der Waals surface area contributed by atoms with Crippen molar-refractivity contribution in [2.75, 3.05) is 43.1 Å². The van der Waals surface area contributed by atoms with E-state index in [2.05, 4.69) is 33.0 Å². The van der Waals surface area contributed by atoms with Crippen molar-refractivity contribution in [2.45, 2.75) is 56.2 Å². The van der Waals surface area contributed by atoms with E-state index in [1.165, 1.54) is 5.56 Å². The molecule has 3 aromatic rings. The average Bonchev–Trinajstić information content (AvgIpc) is 3.33. The van der Waals surface area contributed by atoms with Crippen LogP contribution in [0.2, 0.25) is 5.02 Å². The van der Waals surface area contributed by atoms with Crippen LogP contribution in [0.1, 0.15) is 55.8 Å². The zero-order valence-corrected chi connectivity index (χ0v) is 21.3. The van der Waals surface area contributed by atoms with E-state index >= 15 is 4.39 Å². The molecule has 1 aromatic heterocycles. The van der Waals surface area contributed by atoms with Crippen LogP contribution in [-0.4, -0.2) is 54.5 Å². The van der Waals surface area contributed by atoms with Gasteiger partial charge in [0.05, 0.1) is 23.8 Å². The maximum absolute atomic E-state index is 15.5. The Morgan fingerprint density at radius 3 is 2.47 bits per heavy atom. The minimum atomic E-state index is -1.47. The van der Waals surface area contributed by atoms with Gasteiger partial charge < -0.3 is 19.6 Å². The first-order valence-corrected chi connectivity index (χ1v) is 13.3. The highest BCUT2D eigenvalue weighted by molar-refractivity contribution is 6.35. The number of aliphatic hydroxyl groups is 1. The minimum Gasteiger partial charge on any atom is -0.496 e. The molecule has 36 heavy (non-hydrogen) atoms. The highest BCUT2D eigenvalue weighted by Crippen LogP contribution is 2.46. The topological polar surface area (TPSA) is 61.7 Å². The Labute approximate surface area is 216 Å². The zero-order valence-electron chi connectivity index (χ0n) is 20.6. The molecule has 0 bridgehead atoms. The Balaban J connectivity index is 1.37. The molecule has 0 unspecified atom stereocenters. The van der Waals surface area contributed by atoms with Crippen molar-refractivity contribution in [1.29, 1.82) is 0 Å². The van der Waals surface area contributed by atoms with Gasteiger partial charge in [-0.15, -0.1) is 0 Å². The number of aliphatic hydroxyl groups excluding tert-OH is 1. The van der Waals surface area contributed by atoms with Gasteiger partial charge in [-0.1, -0.05) is 29.8 Å². The number of piperidine rings is 1. The summed E-state index contributed by atoms with van der Waals surface area (Å²) in [6.45, 7) is 2.96. The Morgan fingerprint density at radius 2 is 1.81 bits per heavy atom. The molecule has 8 heteroatoms. The molecule has 1 aliphatic carbocycles. The smallest absolute Gasteiger partial charge is 0.170 e. The number of aromatic nitrogens is 2. The second-order valence-corrected chi connectivity index (χ2v) is 10.8. The van der Waals surface area contributed by atoms with Gasteiger partial charge in [0, 0.05) is 37.3 Å². The minimum absolute atomic E-state index is 0.259. The summed E-state index contributed by atoms with van der Waals surface area (Å²) < 4.78 is 21.2. The predicted octanol–water partition coefficient (Wildman–Crippen LogP) is 5.60. The maximum Gasteiger partial charge on any atom is 0.170 e. The SMILES string of the molecule is COc1ccccc1C1CCN(c2nc(C3(F)CCC3)nc3c(Cl)cc(N4CC[C@@H](O)C4)cc23)CC1.